The first-order chi connectivity index (χ1) is 9.58. The van der Waals surface area contributed by atoms with E-state index < -0.39 is 11.9 Å². The third-order valence-corrected chi connectivity index (χ3v) is 4.66. The van der Waals surface area contributed by atoms with Gasteiger partial charge in [-0.15, -0.1) is 0 Å². The predicted octanol–water partition coefficient (Wildman–Crippen LogP) is -0.134. The minimum Gasteiger partial charge on any atom is -0.481 e. The molecule has 7 nitrogen and oxygen atoms in total. The van der Waals surface area contributed by atoms with Crippen molar-refractivity contribution in [2.75, 3.05) is 19.6 Å². The smallest absolute Gasteiger partial charge is 0.320 e. The number of rotatable bonds is 1. The number of carbonyl (C=O) groups is 3. The number of hydrogen-bond acceptors (Lipinski definition) is 3. The van der Waals surface area contributed by atoms with Crippen LogP contribution in [-0.4, -0.2) is 64.5 Å². The molecule has 3 fully saturated rings. The summed E-state index contributed by atoms with van der Waals surface area (Å²) in [5.41, 5.74) is 0. The van der Waals surface area contributed by atoms with E-state index in [2.05, 4.69) is 5.32 Å². The lowest BCUT2D eigenvalue weighted by molar-refractivity contribution is -0.142. The summed E-state index contributed by atoms with van der Waals surface area (Å²) in [6.07, 6.45) is 2.55. The summed E-state index contributed by atoms with van der Waals surface area (Å²) in [5.74, 6) is -1.26. The zero-order chi connectivity index (χ0) is 14.3. The van der Waals surface area contributed by atoms with Gasteiger partial charge in [0.25, 0.3) is 0 Å². The quantitative estimate of drug-likeness (QED) is 0.700. The monoisotopic (exact) mass is 281 g/mol. The molecule has 3 aliphatic rings. The van der Waals surface area contributed by atoms with Crippen molar-refractivity contribution in [2.24, 2.45) is 5.92 Å². The highest BCUT2D eigenvalue weighted by molar-refractivity contribution is 5.81. The Morgan fingerprint density at radius 2 is 2.05 bits per heavy atom. The van der Waals surface area contributed by atoms with E-state index >= 15 is 0 Å². The van der Waals surface area contributed by atoms with E-state index in [0.29, 0.717) is 32.5 Å². The van der Waals surface area contributed by atoms with Gasteiger partial charge in [0, 0.05) is 38.1 Å². The molecule has 2 bridgehead atoms. The zero-order valence-corrected chi connectivity index (χ0v) is 11.2. The molecule has 2 N–H and O–H groups in total. The lowest BCUT2D eigenvalue weighted by Gasteiger charge is -2.30. The van der Waals surface area contributed by atoms with Crippen LogP contribution >= 0.6 is 0 Å². The first-order valence-electron chi connectivity index (χ1n) is 7.14. The number of aliphatic carboxylic acids is 1. The van der Waals surface area contributed by atoms with E-state index in [0.717, 1.165) is 12.8 Å². The Morgan fingerprint density at radius 3 is 2.75 bits per heavy atom. The van der Waals surface area contributed by atoms with Crippen LogP contribution in [0, 0.1) is 5.92 Å². The minimum atomic E-state index is -0.803. The summed E-state index contributed by atoms with van der Waals surface area (Å²) in [6.45, 7) is 1.38. The van der Waals surface area contributed by atoms with Crippen LogP contribution in [0.4, 0.5) is 4.79 Å². The van der Waals surface area contributed by atoms with E-state index in [4.69, 9.17) is 0 Å². The van der Waals surface area contributed by atoms with Gasteiger partial charge in [-0.3, -0.25) is 9.59 Å². The third kappa shape index (κ3) is 2.10. The highest BCUT2D eigenvalue weighted by Crippen LogP contribution is 2.42. The fourth-order valence-corrected chi connectivity index (χ4v) is 3.67. The first kappa shape index (κ1) is 13.2. The molecule has 3 unspecified atom stereocenters. The van der Waals surface area contributed by atoms with Crippen molar-refractivity contribution < 1.29 is 19.5 Å². The Bertz CT molecular complexity index is 453. The second-order valence-electron chi connectivity index (χ2n) is 5.76. The number of nitrogens with one attached hydrogen (secondary N) is 1. The van der Waals surface area contributed by atoms with Gasteiger partial charge in [0.15, 0.2) is 0 Å². The minimum absolute atomic E-state index is 0.0342. The molecule has 3 saturated heterocycles. The summed E-state index contributed by atoms with van der Waals surface area (Å²) in [5, 5.41) is 12.0. The molecule has 0 radical (unpaired) electrons. The van der Waals surface area contributed by atoms with Crippen molar-refractivity contribution in [3.8, 4) is 0 Å². The SMILES string of the molecule is O=C1CCN(C(=O)N2C3CCC2C(C(=O)O)C3)CCN1. The Labute approximate surface area is 116 Å². The molecular weight excluding hydrogens is 262 g/mol. The maximum atomic E-state index is 12.6. The summed E-state index contributed by atoms with van der Waals surface area (Å²) in [4.78, 5) is 38.6. The third-order valence-electron chi connectivity index (χ3n) is 4.66. The molecule has 3 amide bonds. The Kier molecular flexibility index (Phi) is 3.27. The van der Waals surface area contributed by atoms with Crippen molar-refractivity contribution >= 4 is 17.9 Å². The topological polar surface area (TPSA) is 90.0 Å². The molecule has 7 heteroatoms. The molecule has 0 spiro atoms. The van der Waals surface area contributed by atoms with Crippen LogP contribution in [-0.2, 0) is 9.59 Å². The summed E-state index contributed by atoms with van der Waals surface area (Å²) >= 11 is 0. The van der Waals surface area contributed by atoms with Crippen molar-refractivity contribution in [2.45, 2.75) is 37.8 Å². The molecule has 0 aromatic carbocycles. The average Bonchev–Trinajstić information content (AvgIpc) is 2.91. The van der Waals surface area contributed by atoms with Crippen LogP contribution in [0.1, 0.15) is 25.7 Å². The molecule has 20 heavy (non-hydrogen) atoms. The lowest BCUT2D eigenvalue weighted by atomic mass is 9.89. The van der Waals surface area contributed by atoms with Gasteiger partial charge in [-0.2, -0.15) is 0 Å². The number of amides is 3. The van der Waals surface area contributed by atoms with Crippen LogP contribution in [0.2, 0.25) is 0 Å². The molecule has 3 atom stereocenters. The maximum absolute atomic E-state index is 12.6. The van der Waals surface area contributed by atoms with Gasteiger partial charge >= 0.3 is 12.0 Å². The average molecular weight is 281 g/mol. The Hall–Kier alpha value is -1.79. The highest BCUT2D eigenvalue weighted by Gasteiger charge is 2.52. The van der Waals surface area contributed by atoms with E-state index in [1.54, 1.807) is 9.80 Å². The summed E-state index contributed by atoms with van der Waals surface area (Å²) in [7, 11) is 0. The van der Waals surface area contributed by atoms with Gasteiger partial charge in [-0.25, -0.2) is 4.79 Å². The molecule has 3 heterocycles. The fourth-order valence-electron chi connectivity index (χ4n) is 3.67. The number of urea groups is 1. The number of nitrogens with zero attached hydrogens (tertiary/aromatic N) is 2. The van der Waals surface area contributed by atoms with Gasteiger partial charge in [0.1, 0.15) is 0 Å². The van der Waals surface area contributed by atoms with E-state index in [-0.39, 0.29) is 24.0 Å². The Morgan fingerprint density at radius 1 is 1.25 bits per heavy atom. The summed E-state index contributed by atoms with van der Waals surface area (Å²) in [6, 6.07) is -0.213. The molecule has 3 rings (SSSR count). The van der Waals surface area contributed by atoms with Gasteiger partial charge in [0.2, 0.25) is 5.91 Å². The maximum Gasteiger partial charge on any atom is 0.320 e. The first-order valence-corrected chi connectivity index (χ1v) is 7.14. The second-order valence-corrected chi connectivity index (χ2v) is 5.76. The number of carboxylic acids is 1. The molecule has 0 saturated carbocycles. The predicted molar refractivity (Wildman–Crippen MR) is 69.0 cm³/mol. The van der Waals surface area contributed by atoms with Crippen LogP contribution in [0.25, 0.3) is 0 Å². The molecule has 0 aromatic rings. The molecular formula is C13H19N3O4. The number of carboxylic acid groups (broad SMARTS) is 1. The molecule has 110 valence electrons. The fraction of sp³-hybridized carbons (Fsp3) is 0.769. The zero-order valence-electron chi connectivity index (χ0n) is 11.2. The number of hydrogen-bond donors (Lipinski definition) is 2. The highest BCUT2D eigenvalue weighted by atomic mass is 16.4. The van der Waals surface area contributed by atoms with Gasteiger partial charge in [0.05, 0.1) is 5.92 Å². The van der Waals surface area contributed by atoms with Crippen molar-refractivity contribution in [3.05, 3.63) is 0 Å². The lowest BCUT2D eigenvalue weighted by Crippen LogP contribution is -2.47. The number of carbonyl (C=O) groups excluding carboxylic acids is 2. The van der Waals surface area contributed by atoms with E-state index in [1.807, 2.05) is 0 Å². The van der Waals surface area contributed by atoms with Crippen LogP contribution < -0.4 is 5.32 Å². The second kappa shape index (κ2) is 4.96. The Balaban J connectivity index is 1.71. The van der Waals surface area contributed by atoms with Crippen LogP contribution in [0.3, 0.4) is 0 Å². The molecule has 0 aromatic heterocycles. The molecule has 0 aliphatic carbocycles. The largest absolute Gasteiger partial charge is 0.481 e. The number of fused-ring (bicyclic) bond motifs is 2. The van der Waals surface area contributed by atoms with E-state index in [9.17, 15) is 19.5 Å². The van der Waals surface area contributed by atoms with Crippen molar-refractivity contribution in [3.63, 3.8) is 0 Å². The van der Waals surface area contributed by atoms with Crippen LogP contribution in [0.5, 0.6) is 0 Å². The normalized spacial score (nSPS) is 33.0. The molecule has 3 aliphatic heterocycles. The van der Waals surface area contributed by atoms with Crippen molar-refractivity contribution in [1.29, 1.82) is 0 Å². The summed E-state index contributed by atoms with van der Waals surface area (Å²) < 4.78 is 0. The van der Waals surface area contributed by atoms with E-state index in [1.165, 1.54) is 0 Å². The van der Waals surface area contributed by atoms with Gasteiger partial charge in [-0.05, 0) is 19.3 Å². The van der Waals surface area contributed by atoms with Gasteiger partial charge < -0.3 is 20.2 Å². The van der Waals surface area contributed by atoms with Gasteiger partial charge in [-0.1, -0.05) is 0 Å². The van der Waals surface area contributed by atoms with Crippen LogP contribution in [0.15, 0.2) is 0 Å². The standard InChI is InChI=1S/C13H19N3O4/c17-11-3-5-15(6-4-14-11)13(20)16-8-1-2-10(16)9(7-8)12(18)19/h8-10H,1-7H2,(H,14,17)(H,18,19). The van der Waals surface area contributed by atoms with Crippen molar-refractivity contribution in [1.82, 2.24) is 15.1 Å².